The standard InChI is InChI=1S/C20H23N5O2S2/c1-13(12-29-19(22)17-3-2-10-28-17)20(27)24-15-11-14(18(21)26)4-5-16(15)25-8-6-23-7-9-25/h2-5,10-12,22-23H,6-9H2,1H3,(H2,21,26)(H,24,27)/b13-12+,22-19?. The third kappa shape index (κ3) is 5.47. The Kier molecular flexibility index (Phi) is 7.08. The van der Waals surface area contributed by atoms with E-state index < -0.39 is 5.91 Å². The second-order valence-electron chi connectivity index (χ2n) is 6.51. The number of primary amides is 1. The van der Waals surface area contributed by atoms with E-state index >= 15 is 0 Å². The zero-order chi connectivity index (χ0) is 20.8. The number of anilines is 2. The van der Waals surface area contributed by atoms with E-state index in [0.717, 1.165) is 36.7 Å². The van der Waals surface area contributed by atoms with Gasteiger partial charge in [0, 0.05) is 37.3 Å². The lowest BCUT2D eigenvalue weighted by atomic mass is 10.1. The van der Waals surface area contributed by atoms with E-state index in [4.69, 9.17) is 11.1 Å². The van der Waals surface area contributed by atoms with E-state index in [2.05, 4.69) is 15.5 Å². The number of benzene rings is 1. The molecule has 1 aromatic heterocycles. The van der Waals surface area contributed by atoms with Crippen LogP contribution in [0.1, 0.15) is 22.2 Å². The van der Waals surface area contributed by atoms with Gasteiger partial charge in [-0.05, 0) is 42.0 Å². The molecular formula is C20H23N5O2S2. The third-order valence-electron chi connectivity index (χ3n) is 4.44. The number of nitrogens with two attached hydrogens (primary N) is 1. The average Bonchev–Trinajstić information content (AvgIpc) is 3.27. The number of nitrogens with zero attached hydrogens (tertiary/aromatic N) is 1. The number of thiophene rings is 1. The van der Waals surface area contributed by atoms with Gasteiger partial charge in [0.15, 0.2) is 0 Å². The van der Waals surface area contributed by atoms with Crippen molar-refractivity contribution >= 4 is 51.3 Å². The molecule has 7 nitrogen and oxygen atoms in total. The summed E-state index contributed by atoms with van der Waals surface area (Å²) in [6.45, 7) is 5.02. The summed E-state index contributed by atoms with van der Waals surface area (Å²) in [5, 5.41) is 18.3. The number of piperazine rings is 1. The molecule has 0 aliphatic carbocycles. The van der Waals surface area contributed by atoms with E-state index in [1.807, 2.05) is 23.6 Å². The summed E-state index contributed by atoms with van der Waals surface area (Å²) in [6, 6.07) is 8.88. The van der Waals surface area contributed by atoms with Crippen LogP contribution in [0.5, 0.6) is 0 Å². The largest absolute Gasteiger partial charge is 0.367 e. The lowest BCUT2D eigenvalue weighted by Gasteiger charge is -2.31. The highest BCUT2D eigenvalue weighted by Crippen LogP contribution is 2.28. The number of amides is 2. The maximum Gasteiger partial charge on any atom is 0.251 e. The van der Waals surface area contributed by atoms with Crippen molar-refractivity contribution in [2.45, 2.75) is 6.92 Å². The zero-order valence-corrected chi connectivity index (χ0v) is 17.7. The average molecular weight is 430 g/mol. The molecule has 0 saturated carbocycles. The van der Waals surface area contributed by atoms with Crippen LogP contribution in [0, 0.1) is 5.41 Å². The molecule has 29 heavy (non-hydrogen) atoms. The topological polar surface area (TPSA) is 111 Å². The van der Waals surface area contributed by atoms with E-state index in [1.54, 1.807) is 24.5 Å². The summed E-state index contributed by atoms with van der Waals surface area (Å²) in [4.78, 5) is 27.3. The highest BCUT2D eigenvalue weighted by molar-refractivity contribution is 8.17. The molecule has 1 fully saturated rings. The summed E-state index contributed by atoms with van der Waals surface area (Å²) < 4.78 is 0. The molecule has 0 spiro atoms. The van der Waals surface area contributed by atoms with E-state index in [9.17, 15) is 9.59 Å². The molecule has 2 aromatic rings. The highest BCUT2D eigenvalue weighted by atomic mass is 32.2. The number of rotatable bonds is 6. The first kappa shape index (κ1) is 21.1. The summed E-state index contributed by atoms with van der Waals surface area (Å²) in [5.41, 5.74) is 7.65. The Hall–Kier alpha value is -2.62. The van der Waals surface area contributed by atoms with Crippen molar-refractivity contribution in [1.82, 2.24) is 5.32 Å². The minimum Gasteiger partial charge on any atom is -0.367 e. The van der Waals surface area contributed by atoms with Crippen LogP contribution < -0.4 is 21.3 Å². The first-order valence-corrected chi connectivity index (χ1v) is 10.9. The molecule has 0 atom stereocenters. The van der Waals surface area contributed by atoms with E-state index in [1.165, 1.54) is 23.1 Å². The lowest BCUT2D eigenvalue weighted by Crippen LogP contribution is -2.43. The summed E-state index contributed by atoms with van der Waals surface area (Å²) in [7, 11) is 0. The van der Waals surface area contributed by atoms with Crippen molar-refractivity contribution in [3.05, 3.63) is 57.1 Å². The van der Waals surface area contributed by atoms with Crippen LogP contribution >= 0.6 is 23.1 Å². The minimum atomic E-state index is -0.542. The summed E-state index contributed by atoms with van der Waals surface area (Å²) in [5.74, 6) is -0.825. The Labute approximate surface area is 177 Å². The second-order valence-corrected chi connectivity index (χ2v) is 8.34. The van der Waals surface area contributed by atoms with Crippen LogP contribution in [0.3, 0.4) is 0 Å². The van der Waals surface area contributed by atoms with Crippen LogP contribution in [0.2, 0.25) is 0 Å². The fourth-order valence-corrected chi connectivity index (χ4v) is 4.30. The van der Waals surface area contributed by atoms with Gasteiger partial charge in [-0.25, -0.2) is 0 Å². The number of carbonyl (C=O) groups is 2. The van der Waals surface area contributed by atoms with Gasteiger partial charge in [0.05, 0.1) is 16.3 Å². The Morgan fingerprint density at radius 2 is 2.07 bits per heavy atom. The normalized spacial score (nSPS) is 14.5. The zero-order valence-electron chi connectivity index (χ0n) is 16.0. The quantitative estimate of drug-likeness (QED) is 0.321. The van der Waals surface area contributed by atoms with Gasteiger partial charge in [-0.3, -0.25) is 15.0 Å². The van der Waals surface area contributed by atoms with Crippen LogP contribution in [0.25, 0.3) is 0 Å². The summed E-state index contributed by atoms with van der Waals surface area (Å²) >= 11 is 2.69. The molecule has 0 radical (unpaired) electrons. The molecular weight excluding hydrogens is 406 g/mol. The molecule has 5 N–H and O–H groups in total. The van der Waals surface area contributed by atoms with Crippen molar-refractivity contribution in [1.29, 1.82) is 5.41 Å². The van der Waals surface area contributed by atoms with Crippen LogP contribution in [-0.4, -0.2) is 43.0 Å². The van der Waals surface area contributed by atoms with Crippen LogP contribution in [0.15, 0.2) is 46.7 Å². The van der Waals surface area contributed by atoms with Crippen LogP contribution in [0.4, 0.5) is 11.4 Å². The van der Waals surface area contributed by atoms with Gasteiger partial charge < -0.3 is 21.3 Å². The van der Waals surface area contributed by atoms with Crippen LogP contribution in [-0.2, 0) is 4.79 Å². The lowest BCUT2D eigenvalue weighted by molar-refractivity contribution is -0.112. The van der Waals surface area contributed by atoms with Crippen molar-refractivity contribution in [2.75, 3.05) is 36.4 Å². The second kappa shape index (κ2) is 9.73. The predicted molar refractivity (Wildman–Crippen MR) is 121 cm³/mol. The number of nitrogens with one attached hydrogen (secondary N) is 3. The Balaban J connectivity index is 1.76. The molecule has 9 heteroatoms. The third-order valence-corrected chi connectivity index (χ3v) is 6.39. The van der Waals surface area contributed by atoms with Crippen molar-refractivity contribution < 1.29 is 9.59 Å². The Morgan fingerprint density at radius 3 is 2.72 bits per heavy atom. The number of hydrogen-bond donors (Lipinski definition) is 4. The van der Waals surface area contributed by atoms with Gasteiger partial charge in [0.1, 0.15) is 5.04 Å². The SMILES string of the molecule is C/C(=C\SC(=N)c1cccs1)C(=O)Nc1cc(C(N)=O)ccc1N1CCNCC1. The van der Waals surface area contributed by atoms with E-state index in [0.29, 0.717) is 21.9 Å². The maximum atomic E-state index is 12.7. The molecule has 2 heterocycles. The Morgan fingerprint density at radius 1 is 1.31 bits per heavy atom. The molecule has 1 aliphatic rings. The highest BCUT2D eigenvalue weighted by Gasteiger charge is 2.18. The number of thioether (sulfide) groups is 1. The van der Waals surface area contributed by atoms with Crippen molar-refractivity contribution in [3.8, 4) is 0 Å². The Bertz CT molecular complexity index is 934. The van der Waals surface area contributed by atoms with E-state index in [-0.39, 0.29) is 5.91 Å². The number of hydrogen-bond acceptors (Lipinski definition) is 7. The fourth-order valence-electron chi connectivity index (χ4n) is 2.86. The van der Waals surface area contributed by atoms with Crippen molar-refractivity contribution in [2.24, 2.45) is 5.73 Å². The molecule has 152 valence electrons. The first-order chi connectivity index (χ1) is 14.0. The van der Waals surface area contributed by atoms with Crippen molar-refractivity contribution in [3.63, 3.8) is 0 Å². The van der Waals surface area contributed by atoms with Gasteiger partial charge in [-0.15, -0.1) is 11.3 Å². The fraction of sp³-hybridized carbons (Fsp3) is 0.250. The van der Waals surface area contributed by atoms with Gasteiger partial charge in [0.25, 0.3) is 5.91 Å². The minimum absolute atomic E-state index is 0.283. The van der Waals surface area contributed by atoms with Gasteiger partial charge in [0.2, 0.25) is 5.91 Å². The number of carbonyl (C=O) groups excluding carboxylic acids is 2. The molecule has 1 aliphatic heterocycles. The first-order valence-electron chi connectivity index (χ1n) is 9.12. The molecule has 0 unspecified atom stereocenters. The maximum absolute atomic E-state index is 12.7. The molecule has 2 amide bonds. The summed E-state index contributed by atoms with van der Waals surface area (Å²) in [6.07, 6.45) is 0. The molecule has 0 bridgehead atoms. The molecule has 3 rings (SSSR count). The van der Waals surface area contributed by atoms with Gasteiger partial charge >= 0.3 is 0 Å². The predicted octanol–water partition coefficient (Wildman–Crippen LogP) is 2.86. The molecule has 1 saturated heterocycles. The van der Waals surface area contributed by atoms with Gasteiger partial charge in [-0.2, -0.15) is 0 Å². The molecule has 1 aromatic carbocycles. The monoisotopic (exact) mass is 429 g/mol. The smallest absolute Gasteiger partial charge is 0.251 e. The van der Waals surface area contributed by atoms with Gasteiger partial charge in [-0.1, -0.05) is 17.8 Å².